The Hall–Kier alpha value is -4.26. The van der Waals surface area contributed by atoms with Crippen molar-refractivity contribution >= 4 is 29.2 Å². The number of hydrogen-bond donors (Lipinski definition) is 2. The van der Waals surface area contributed by atoms with Crippen LogP contribution in [0.2, 0.25) is 0 Å². The molecular formula is C25H23NO6. The molecule has 0 unspecified atom stereocenters. The average Bonchev–Trinajstić information content (AvgIpc) is 2.83. The van der Waals surface area contributed by atoms with Gasteiger partial charge in [-0.1, -0.05) is 42.5 Å². The number of esters is 1. The fraction of sp³-hybridized carbons (Fsp3) is 0.120. The van der Waals surface area contributed by atoms with Crippen molar-refractivity contribution in [1.82, 2.24) is 0 Å². The number of benzene rings is 3. The number of para-hydroxylation sites is 1. The van der Waals surface area contributed by atoms with Crippen molar-refractivity contribution in [2.75, 3.05) is 26.6 Å². The molecule has 3 aromatic rings. The highest BCUT2D eigenvalue weighted by Crippen LogP contribution is 2.31. The summed E-state index contributed by atoms with van der Waals surface area (Å²) in [5.41, 5.74) is 1.77. The number of carbonyl (C=O) groups excluding carboxylic acids is 2. The first-order chi connectivity index (χ1) is 15.5. The smallest absolute Gasteiger partial charge is 0.341 e. The van der Waals surface area contributed by atoms with Gasteiger partial charge in [0.1, 0.15) is 5.56 Å². The molecule has 7 nitrogen and oxygen atoms in total. The van der Waals surface area contributed by atoms with Crippen LogP contribution in [0.1, 0.15) is 21.5 Å². The van der Waals surface area contributed by atoms with Crippen LogP contribution in [0.4, 0.5) is 5.69 Å². The van der Waals surface area contributed by atoms with Crippen molar-refractivity contribution in [3.63, 3.8) is 0 Å². The highest BCUT2D eigenvalue weighted by atomic mass is 16.5. The summed E-state index contributed by atoms with van der Waals surface area (Å²) in [6, 6.07) is 18.8. The molecular weight excluding hydrogens is 410 g/mol. The molecule has 0 aliphatic heterocycles. The number of hydrogen-bond acceptors (Lipinski definition) is 6. The van der Waals surface area contributed by atoms with Gasteiger partial charge in [-0.05, 0) is 41.5 Å². The maximum atomic E-state index is 13.2. The van der Waals surface area contributed by atoms with Crippen molar-refractivity contribution in [2.45, 2.75) is 0 Å². The predicted molar refractivity (Wildman–Crippen MR) is 122 cm³/mol. The molecule has 0 aliphatic carbocycles. The number of nitrogens with one attached hydrogen (secondary N) is 1. The summed E-state index contributed by atoms with van der Waals surface area (Å²) in [6.45, 7) is 0. The van der Waals surface area contributed by atoms with Gasteiger partial charge < -0.3 is 24.6 Å². The number of rotatable bonds is 7. The van der Waals surface area contributed by atoms with Gasteiger partial charge in [-0.2, -0.15) is 0 Å². The lowest BCUT2D eigenvalue weighted by molar-refractivity contribution is -0.111. The molecule has 32 heavy (non-hydrogen) atoms. The fourth-order valence-corrected chi connectivity index (χ4v) is 3.12. The second-order valence-corrected chi connectivity index (χ2v) is 6.69. The third-order valence-electron chi connectivity index (χ3n) is 4.74. The average molecular weight is 433 g/mol. The van der Waals surface area contributed by atoms with E-state index in [2.05, 4.69) is 10.1 Å². The number of methoxy groups -OCH3 is 3. The molecule has 3 rings (SSSR count). The van der Waals surface area contributed by atoms with Gasteiger partial charge in [-0.25, -0.2) is 4.79 Å². The Balaban J connectivity index is 2.02. The van der Waals surface area contributed by atoms with Crippen molar-refractivity contribution in [3.05, 3.63) is 83.4 Å². The maximum Gasteiger partial charge on any atom is 0.341 e. The van der Waals surface area contributed by atoms with Crippen molar-refractivity contribution < 1.29 is 28.9 Å². The molecule has 0 spiro atoms. The van der Waals surface area contributed by atoms with E-state index in [9.17, 15) is 14.7 Å². The van der Waals surface area contributed by atoms with Crippen LogP contribution >= 0.6 is 0 Å². The second kappa shape index (κ2) is 10.2. The first-order valence-electron chi connectivity index (χ1n) is 9.69. The Morgan fingerprint density at radius 3 is 2.25 bits per heavy atom. The molecule has 2 N–H and O–H groups in total. The van der Waals surface area contributed by atoms with E-state index in [4.69, 9.17) is 9.47 Å². The topological polar surface area (TPSA) is 94.1 Å². The highest BCUT2D eigenvalue weighted by Gasteiger charge is 2.19. The summed E-state index contributed by atoms with van der Waals surface area (Å²) in [7, 11) is 4.30. The largest absolute Gasteiger partial charge is 0.505 e. The van der Waals surface area contributed by atoms with Gasteiger partial charge in [0, 0.05) is 5.57 Å². The van der Waals surface area contributed by atoms with Crippen LogP contribution in [0.25, 0.3) is 11.6 Å². The zero-order valence-corrected chi connectivity index (χ0v) is 17.9. The number of phenolic OH excluding ortho intramolecular Hbond substituents is 1. The minimum absolute atomic E-state index is 0.0459. The number of anilines is 1. The zero-order valence-electron chi connectivity index (χ0n) is 17.9. The maximum absolute atomic E-state index is 13.2. The van der Waals surface area contributed by atoms with E-state index in [0.717, 1.165) is 0 Å². The van der Waals surface area contributed by atoms with Gasteiger partial charge in [0.25, 0.3) is 5.91 Å². The molecule has 0 radical (unpaired) electrons. The first kappa shape index (κ1) is 22.4. The Labute approximate surface area is 185 Å². The Kier molecular flexibility index (Phi) is 7.13. The zero-order chi connectivity index (χ0) is 23.1. The molecule has 1 amide bonds. The normalized spacial score (nSPS) is 10.9. The van der Waals surface area contributed by atoms with Gasteiger partial charge >= 0.3 is 5.97 Å². The number of ether oxygens (including phenoxy) is 3. The Bertz CT molecular complexity index is 1150. The molecule has 164 valence electrons. The number of phenols is 1. The highest BCUT2D eigenvalue weighted by molar-refractivity contribution is 6.29. The SMILES string of the molecule is COC(=O)c1cccc(NC(=O)/C(=C/c2ccc(OC)c(OC)c2)c2ccccc2)c1O. The third kappa shape index (κ3) is 4.89. The molecule has 3 aromatic carbocycles. The van der Waals surface area contributed by atoms with E-state index in [-0.39, 0.29) is 17.0 Å². The molecule has 0 saturated carbocycles. The van der Waals surface area contributed by atoms with Crippen LogP contribution in [0.15, 0.2) is 66.7 Å². The van der Waals surface area contributed by atoms with Crippen molar-refractivity contribution in [3.8, 4) is 17.2 Å². The molecule has 0 atom stereocenters. The van der Waals surface area contributed by atoms with E-state index >= 15 is 0 Å². The standard InChI is InChI=1S/C25H23NO6/c1-30-21-13-12-16(15-22(21)31-2)14-19(17-8-5-4-6-9-17)24(28)26-20-11-7-10-18(23(20)27)25(29)32-3/h4-15,27H,1-3H3,(H,26,28)/b19-14+. The van der Waals surface area contributed by atoms with E-state index in [0.29, 0.717) is 28.2 Å². The van der Waals surface area contributed by atoms with Crippen LogP contribution in [0.5, 0.6) is 17.2 Å². The van der Waals surface area contributed by atoms with Crippen LogP contribution < -0.4 is 14.8 Å². The van der Waals surface area contributed by atoms with Crippen LogP contribution in [0, 0.1) is 0 Å². The predicted octanol–water partition coefficient (Wildman–Crippen LogP) is 4.38. The summed E-state index contributed by atoms with van der Waals surface area (Å²) in [4.78, 5) is 25.1. The second-order valence-electron chi connectivity index (χ2n) is 6.69. The number of carbonyl (C=O) groups is 2. The summed E-state index contributed by atoms with van der Waals surface area (Å²) in [6.07, 6.45) is 1.70. The first-order valence-corrected chi connectivity index (χ1v) is 9.69. The molecule has 0 heterocycles. The molecule has 0 aromatic heterocycles. The number of amides is 1. The monoisotopic (exact) mass is 433 g/mol. The van der Waals surface area contributed by atoms with Gasteiger partial charge in [0.05, 0.1) is 27.0 Å². The molecule has 0 aliphatic rings. The quantitative estimate of drug-likeness (QED) is 0.249. The number of aromatic hydroxyl groups is 1. The summed E-state index contributed by atoms with van der Waals surface area (Å²) in [5, 5.41) is 13.1. The van der Waals surface area contributed by atoms with Crippen LogP contribution in [-0.4, -0.2) is 38.3 Å². The van der Waals surface area contributed by atoms with Crippen LogP contribution in [-0.2, 0) is 9.53 Å². The van der Waals surface area contributed by atoms with Crippen molar-refractivity contribution in [2.24, 2.45) is 0 Å². The fourth-order valence-electron chi connectivity index (χ4n) is 3.12. The third-order valence-corrected chi connectivity index (χ3v) is 4.74. The van der Waals surface area contributed by atoms with Crippen LogP contribution in [0.3, 0.4) is 0 Å². The van der Waals surface area contributed by atoms with Gasteiger partial charge in [-0.15, -0.1) is 0 Å². The minimum atomic E-state index is -0.706. The van der Waals surface area contributed by atoms with Gasteiger partial charge in [0.2, 0.25) is 0 Å². The molecule has 7 heteroatoms. The van der Waals surface area contributed by atoms with E-state index in [1.165, 1.54) is 26.4 Å². The molecule has 0 bridgehead atoms. The summed E-state index contributed by atoms with van der Waals surface area (Å²) < 4.78 is 15.3. The molecule has 0 fully saturated rings. The van der Waals surface area contributed by atoms with Gasteiger partial charge in [-0.3, -0.25) is 4.79 Å². The van der Waals surface area contributed by atoms with Gasteiger partial charge in [0.15, 0.2) is 17.2 Å². The minimum Gasteiger partial charge on any atom is -0.505 e. The van der Waals surface area contributed by atoms with Crippen molar-refractivity contribution in [1.29, 1.82) is 0 Å². The lowest BCUT2D eigenvalue weighted by Crippen LogP contribution is -2.14. The lowest BCUT2D eigenvalue weighted by atomic mass is 10.0. The summed E-state index contributed by atoms with van der Waals surface area (Å²) in [5.74, 6) is -0.449. The lowest BCUT2D eigenvalue weighted by Gasteiger charge is -2.13. The van der Waals surface area contributed by atoms with E-state index < -0.39 is 11.9 Å². The molecule has 0 saturated heterocycles. The van der Waals surface area contributed by atoms with E-state index in [1.807, 2.05) is 18.2 Å². The van der Waals surface area contributed by atoms with E-state index in [1.54, 1.807) is 49.6 Å². The summed E-state index contributed by atoms with van der Waals surface area (Å²) >= 11 is 0. The Morgan fingerprint density at radius 1 is 0.875 bits per heavy atom. The Morgan fingerprint density at radius 2 is 1.59 bits per heavy atom.